The molecule has 1 aromatic heterocycles. The molecule has 0 unspecified atom stereocenters. The molecule has 108 valence electrons. The van der Waals surface area contributed by atoms with E-state index in [1.165, 1.54) is 0 Å². The van der Waals surface area contributed by atoms with Crippen LogP contribution in [0.2, 0.25) is 0 Å². The lowest BCUT2D eigenvalue weighted by molar-refractivity contribution is 0.415. The first-order valence-electron chi connectivity index (χ1n) is 7.06. The summed E-state index contributed by atoms with van der Waals surface area (Å²) in [5, 5.41) is 8.09. The highest BCUT2D eigenvalue weighted by molar-refractivity contribution is 5.90. The molecule has 0 bridgehead atoms. The number of ether oxygens (including phenoxy) is 1. The topological polar surface area (TPSA) is 35.0 Å². The van der Waals surface area contributed by atoms with Crippen LogP contribution in [0.25, 0.3) is 11.6 Å². The molecule has 0 aliphatic rings. The first-order chi connectivity index (χ1) is 10.9. The van der Waals surface area contributed by atoms with Gasteiger partial charge in [-0.1, -0.05) is 42.5 Å². The molecule has 22 heavy (non-hydrogen) atoms. The Morgan fingerprint density at radius 2 is 1.59 bits per heavy atom. The van der Waals surface area contributed by atoms with Gasteiger partial charge in [-0.25, -0.2) is 0 Å². The minimum atomic E-state index is 0.831. The molecule has 3 heteroatoms. The molecule has 0 radical (unpaired) electrons. The van der Waals surface area contributed by atoms with Crippen molar-refractivity contribution in [1.82, 2.24) is 10.2 Å². The maximum Gasteiger partial charge on any atom is 0.118 e. The van der Waals surface area contributed by atoms with Gasteiger partial charge in [0.15, 0.2) is 0 Å². The normalized spacial score (nSPS) is 11.2. The highest BCUT2D eigenvalue weighted by Crippen LogP contribution is 2.26. The molecule has 3 aromatic rings. The van der Waals surface area contributed by atoms with Crippen molar-refractivity contribution in [3.63, 3.8) is 0 Å². The zero-order chi connectivity index (χ0) is 15.2. The van der Waals surface area contributed by atoms with Crippen LogP contribution in [-0.2, 0) is 0 Å². The van der Waals surface area contributed by atoms with Gasteiger partial charge in [-0.05, 0) is 47.0 Å². The van der Waals surface area contributed by atoms with Crippen LogP contribution in [0.15, 0.2) is 72.9 Å². The van der Waals surface area contributed by atoms with Crippen molar-refractivity contribution in [2.45, 2.75) is 0 Å². The first kappa shape index (κ1) is 14.0. The Hall–Kier alpha value is -2.94. The highest BCUT2D eigenvalue weighted by atomic mass is 16.5. The third-order valence-electron chi connectivity index (χ3n) is 3.37. The van der Waals surface area contributed by atoms with Crippen LogP contribution < -0.4 is 4.74 Å². The summed E-state index contributed by atoms with van der Waals surface area (Å²) in [6.07, 6.45) is 3.72. The van der Waals surface area contributed by atoms with Gasteiger partial charge in [0.05, 0.1) is 12.8 Å². The average molecular weight is 288 g/mol. The fourth-order valence-electron chi connectivity index (χ4n) is 2.26. The second-order valence-electron chi connectivity index (χ2n) is 4.80. The molecule has 2 aromatic carbocycles. The molecule has 0 fully saturated rings. The van der Waals surface area contributed by atoms with Crippen LogP contribution in [0.1, 0.15) is 16.8 Å². The Balaban J connectivity index is 2.08. The largest absolute Gasteiger partial charge is 0.497 e. The lowest BCUT2D eigenvalue weighted by Gasteiger charge is -2.09. The predicted octanol–water partition coefficient (Wildman–Crippen LogP) is 4.07. The minimum Gasteiger partial charge on any atom is -0.497 e. The molecule has 0 aliphatic carbocycles. The van der Waals surface area contributed by atoms with Gasteiger partial charge in [-0.15, -0.1) is 0 Å². The van der Waals surface area contributed by atoms with Gasteiger partial charge in [0, 0.05) is 6.20 Å². The van der Waals surface area contributed by atoms with Gasteiger partial charge in [-0.3, -0.25) is 0 Å². The van der Waals surface area contributed by atoms with E-state index in [0.29, 0.717) is 0 Å². The molecule has 0 aliphatic heterocycles. The second-order valence-corrected chi connectivity index (χ2v) is 4.80. The summed E-state index contributed by atoms with van der Waals surface area (Å²) in [5.74, 6) is 0.843. The van der Waals surface area contributed by atoms with Crippen molar-refractivity contribution in [1.29, 1.82) is 0 Å². The van der Waals surface area contributed by atoms with E-state index in [9.17, 15) is 0 Å². The molecular formula is C19H16N2O. The van der Waals surface area contributed by atoms with E-state index in [0.717, 1.165) is 28.1 Å². The summed E-state index contributed by atoms with van der Waals surface area (Å²) in [6.45, 7) is 0. The number of hydrogen-bond donors (Lipinski definition) is 0. The standard InChI is InChI=1S/C19H16N2O/c1-22-18-11-9-16(10-12-18)19(15-6-3-2-4-7-15)14-17-8-5-13-20-21-17/h2-14H,1H3. The van der Waals surface area contributed by atoms with Crippen LogP contribution in [-0.4, -0.2) is 17.3 Å². The molecule has 3 rings (SSSR count). The quantitative estimate of drug-likeness (QED) is 0.725. The van der Waals surface area contributed by atoms with Crippen LogP contribution in [0.5, 0.6) is 5.75 Å². The van der Waals surface area contributed by atoms with Crippen molar-refractivity contribution < 1.29 is 4.74 Å². The Bertz CT molecular complexity index is 750. The highest BCUT2D eigenvalue weighted by Gasteiger charge is 2.06. The van der Waals surface area contributed by atoms with Gasteiger partial charge in [0.25, 0.3) is 0 Å². The van der Waals surface area contributed by atoms with E-state index in [-0.39, 0.29) is 0 Å². The molecule has 0 amide bonds. The van der Waals surface area contributed by atoms with Crippen molar-refractivity contribution in [2.24, 2.45) is 0 Å². The summed E-state index contributed by atoms with van der Waals surface area (Å²) in [5.41, 5.74) is 4.18. The van der Waals surface area contributed by atoms with Crippen LogP contribution in [0, 0.1) is 0 Å². The van der Waals surface area contributed by atoms with E-state index in [4.69, 9.17) is 4.74 Å². The summed E-state index contributed by atoms with van der Waals surface area (Å²) < 4.78 is 5.23. The van der Waals surface area contributed by atoms with Crippen molar-refractivity contribution in [3.8, 4) is 5.75 Å². The Kier molecular flexibility index (Phi) is 4.25. The van der Waals surface area contributed by atoms with Crippen molar-refractivity contribution in [3.05, 3.63) is 89.7 Å². The average Bonchev–Trinajstić information content (AvgIpc) is 2.61. The zero-order valence-electron chi connectivity index (χ0n) is 12.3. The fraction of sp³-hybridized carbons (Fsp3) is 0.0526. The Labute approximate surface area is 129 Å². The van der Waals surface area contributed by atoms with E-state index >= 15 is 0 Å². The Morgan fingerprint density at radius 3 is 2.23 bits per heavy atom. The molecule has 0 N–H and O–H groups in total. The zero-order valence-corrected chi connectivity index (χ0v) is 12.3. The number of hydrogen-bond acceptors (Lipinski definition) is 3. The maximum absolute atomic E-state index is 5.23. The number of rotatable bonds is 4. The number of aromatic nitrogens is 2. The van der Waals surface area contributed by atoms with Gasteiger partial charge in [-0.2, -0.15) is 10.2 Å². The predicted molar refractivity (Wildman–Crippen MR) is 88.4 cm³/mol. The lowest BCUT2D eigenvalue weighted by atomic mass is 9.97. The van der Waals surface area contributed by atoms with Gasteiger partial charge in [0.1, 0.15) is 5.75 Å². The molecule has 0 saturated heterocycles. The molecular weight excluding hydrogens is 272 g/mol. The van der Waals surface area contributed by atoms with E-state index in [1.807, 2.05) is 60.7 Å². The number of methoxy groups -OCH3 is 1. The summed E-state index contributed by atoms with van der Waals surface area (Å²) >= 11 is 0. The summed E-state index contributed by atoms with van der Waals surface area (Å²) in [4.78, 5) is 0. The minimum absolute atomic E-state index is 0.831. The van der Waals surface area contributed by atoms with Gasteiger partial charge < -0.3 is 4.74 Å². The van der Waals surface area contributed by atoms with Crippen LogP contribution in [0.3, 0.4) is 0 Å². The lowest BCUT2D eigenvalue weighted by Crippen LogP contribution is -1.91. The second kappa shape index (κ2) is 6.68. The molecule has 0 atom stereocenters. The van der Waals surface area contributed by atoms with Crippen LogP contribution >= 0.6 is 0 Å². The number of nitrogens with zero attached hydrogens (tertiary/aromatic N) is 2. The Morgan fingerprint density at radius 1 is 0.864 bits per heavy atom. The SMILES string of the molecule is COc1ccc(C(=Cc2cccnn2)c2ccccc2)cc1. The molecule has 0 spiro atoms. The van der Waals surface area contributed by atoms with E-state index < -0.39 is 0 Å². The van der Waals surface area contributed by atoms with Crippen molar-refractivity contribution in [2.75, 3.05) is 7.11 Å². The summed E-state index contributed by atoms with van der Waals surface area (Å²) in [7, 11) is 1.67. The van der Waals surface area contributed by atoms with E-state index in [2.05, 4.69) is 22.3 Å². The molecule has 1 heterocycles. The van der Waals surface area contributed by atoms with Crippen LogP contribution in [0.4, 0.5) is 0 Å². The third-order valence-corrected chi connectivity index (χ3v) is 3.37. The smallest absolute Gasteiger partial charge is 0.118 e. The fourth-order valence-corrected chi connectivity index (χ4v) is 2.26. The number of benzene rings is 2. The first-order valence-corrected chi connectivity index (χ1v) is 7.06. The monoisotopic (exact) mass is 288 g/mol. The van der Waals surface area contributed by atoms with Gasteiger partial charge >= 0.3 is 0 Å². The molecule has 0 saturated carbocycles. The molecule has 3 nitrogen and oxygen atoms in total. The summed E-state index contributed by atoms with van der Waals surface area (Å²) in [6, 6.07) is 22.1. The third kappa shape index (κ3) is 3.20. The van der Waals surface area contributed by atoms with Crippen molar-refractivity contribution >= 4 is 11.6 Å². The maximum atomic E-state index is 5.23. The van der Waals surface area contributed by atoms with E-state index in [1.54, 1.807) is 13.3 Å². The van der Waals surface area contributed by atoms with Gasteiger partial charge in [0.2, 0.25) is 0 Å².